The minimum Gasteiger partial charge on any atom is -0.462 e. The Hall–Kier alpha value is -1.79. The van der Waals surface area contributed by atoms with Crippen LogP contribution >= 0.6 is 11.3 Å². The van der Waals surface area contributed by atoms with Crippen molar-refractivity contribution in [3.8, 4) is 10.6 Å². The van der Waals surface area contributed by atoms with Gasteiger partial charge in [0.15, 0.2) is 0 Å². The van der Waals surface area contributed by atoms with E-state index in [1.54, 1.807) is 19.2 Å². The van der Waals surface area contributed by atoms with Gasteiger partial charge in [-0.2, -0.15) is 0 Å². The molecule has 1 heterocycles. The molecule has 1 fully saturated rings. The molecule has 1 aromatic heterocycles. The number of hydrogen-bond donors (Lipinski definition) is 0. The van der Waals surface area contributed by atoms with Crippen molar-refractivity contribution < 1.29 is 18.7 Å². The molecule has 24 heavy (non-hydrogen) atoms. The molecule has 4 nitrogen and oxygen atoms in total. The van der Waals surface area contributed by atoms with Gasteiger partial charge in [0.05, 0.1) is 18.2 Å². The molecule has 1 aromatic carbocycles. The summed E-state index contributed by atoms with van der Waals surface area (Å²) >= 11 is 1.40. The van der Waals surface area contributed by atoms with Gasteiger partial charge in [-0.1, -0.05) is 12.1 Å². The van der Waals surface area contributed by atoms with Crippen LogP contribution in [0.3, 0.4) is 0 Å². The van der Waals surface area contributed by atoms with Gasteiger partial charge in [0.25, 0.3) is 0 Å². The van der Waals surface area contributed by atoms with E-state index in [-0.39, 0.29) is 30.4 Å². The lowest BCUT2D eigenvalue weighted by molar-refractivity contribution is -0.151. The van der Waals surface area contributed by atoms with E-state index < -0.39 is 0 Å². The summed E-state index contributed by atoms with van der Waals surface area (Å²) in [5, 5.41) is 2.52. The minimum absolute atomic E-state index is 0.0717. The van der Waals surface area contributed by atoms with E-state index in [1.165, 1.54) is 23.5 Å². The number of thiazole rings is 1. The summed E-state index contributed by atoms with van der Waals surface area (Å²) in [5.41, 5.74) is 1.37. The topological polar surface area (TPSA) is 48.4 Å². The molecule has 1 aliphatic rings. The summed E-state index contributed by atoms with van der Waals surface area (Å²) in [4.78, 5) is 16.5. The summed E-state index contributed by atoms with van der Waals surface area (Å²) < 4.78 is 24.2. The van der Waals surface area contributed by atoms with Crippen LogP contribution in [0.4, 0.5) is 4.39 Å². The van der Waals surface area contributed by atoms with Crippen LogP contribution < -0.4 is 0 Å². The molecule has 0 N–H and O–H groups in total. The first kappa shape index (κ1) is 17.0. The average molecular weight is 349 g/mol. The maximum Gasteiger partial charge on any atom is 0.312 e. The molecule has 0 unspecified atom stereocenters. The number of carbonyl (C=O) groups excluding carboxylic acids is 1. The molecule has 0 aliphatic heterocycles. The van der Waals surface area contributed by atoms with Gasteiger partial charge in [-0.15, -0.1) is 11.3 Å². The van der Waals surface area contributed by atoms with Gasteiger partial charge in [-0.25, -0.2) is 9.37 Å². The number of halogens is 1. The van der Waals surface area contributed by atoms with Crippen molar-refractivity contribution in [2.24, 2.45) is 0 Å². The highest BCUT2D eigenvalue weighted by atomic mass is 32.1. The first-order valence-corrected chi connectivity index (χ1v) is 8.94. The highest BCUT2D eigenvalue weighted by Gasteiger charge is 2.25. The third-order valence-electron chi connectivity index (χ3n) is 4.16. The van der Waals surface area contributed by atoms with Gasteiger partial charge in [-0.05, 0) is 31.4 Å². The van der Waals surface area contributed by atoms with E-state index in [9.17, 15) is 9.18 Å². The highest BCUT2D eigenvalue weighted by molar-refractivity contribution is 7.13. The number of ether oxygens (including phenoxy) is 2. The zero-order valence-electron chi connectivity index (χ0n) is 13.5. The van der Waals surface area contributed by atoms with Crippen LogP contribution in [0.5, 0.6) is 0 Å². The molecule has 0 spiro atoms. The fraction of sp³-hybridized carbons (Fsp3) is 0.444. The second kappa shape index (κ2) is 7.85. The van der Waals surface area contributed by atoms with Gasteiger partial charge < -0.3 is 9.47 Å². The molecular weight excluding hydrogens is 329 g/mol. The van der Waals surface area contributed by atoms with E-state index in [4.69, 9.17) is 9.47 Å². The predicted octanol–water partition coefficient (Wildman–Crippen LogP) is 3.99. The maximum absolute atomic E-state index is 13.3. The SMILES string of the molecule is CO[C@@H]1CCC[C@@H](OC(=O)Cc2csc(-c3cccc(F)c3)n2)C1. The van der Waals surface area contributed by atoms with Gasteiger partial charge in [0, 0.05) is 24.5 Å². The Labute approximate surface area is 144 Å². The smallest absolute Gasteiger partial charge is 0.312 e. The van der Waals surface area contributed by atoms with Crippen LogP contribution in [0.25, 0.3) is 10.6 Å². The lowest BCUT2D eigenvalue weighted by Gasteiger charge is -2.27. The number of rotatable bonds is 5. The van der Waals surface area contributed by atoms with E-state index in [2.05, 4.69) is 4.98 Å². The normalized spacial score (nSPS) is 20.8. The Kier molecular flexibility index (Phi) is 5.58. The van der Waals surface area contributed by atoms with Crippen LogP contribution in [0, 0.1) is 5.82 Å². The van der Waals surface area contributed by atoms with Crippen molar-refractivity contribution in [3.63, 3.8) is 0 Å². The summed E-state index contributed by atoms with van der Waals surface area (Å²) in [6.07, 6.45) is 3.92. The summed E-state index contributed by atoms with van der Waals surface area (Å²) in [5.74, 6) is -0.568. The lowest BCUT2D eigenvalue weighted by Crippen LogP contribution is -2.29. The van der Waals surface area contributed by atoms with E-state index >= 15 is 0 Å². The summed E-state index contributed by atoms with van der Waals surface area (Å²) in [6.45, 7) is 0. The van der Waals surface area contributed by atoms with Gasteiger partial charge in [0.2, 0.25) is 0 Å². The number of methoxy groups -OCH3 is 1. The third kappa shape index (κ3) is 4.39. The maximum atomic E-state index is 13.3. The van der Waals surface area contributed by atoms with Crippen LogP contribution in [0.15, 0.2) is 29.6 Å². The molecule has 128 valence electrons. The average Bonchev–Trinajstić information content (AvgIpc) is 3.03. The molecule has 2 atom stereocenters. The van der Waals surface area contributed by atoms with E-state index in [1.807, 2.05) is 5.38 Å². The van der Waals surface area contributed by atoms with Crippen LogP contribution in [0.2, 0.25) is 0 Å². The third-order valence-corrected chi connectivity index (χ3v) is 5.10. The van der Waals surface area contributed by atoms with E-state index in [0.29, 0.717) is 10.7 Å². The Morgan fingerprint density at radius 3 is 3.00 bits per heavy atom. The fourth-order valence-corrected chi connectivity index (χ4v) is 3.76. The molecule has 0 amide bonds. The van der Waals surface area contributed by atoms with Gasteiger partial charge >= 0.3 is 5.97 Å². The first-order valence-electron chi connectivity index (χ1n) is 8.06. The molecule has 2 aromatic rings. The van der Waals surface area contributed by atoms with Crippen molar-refractivity contribution in [2.75, 3.05) is 7.11 Å². The number of esters is 1. The molecule has 0 bridgehead atoms. The second-order valence-corrected chi connectivity index (χ2v) is 6.83. The van der Waals surface area contributed by atoms with Crippen LogP contribution in [0.1, 0.15) is 31.4 Å². The molecule has 3 rings (SSSR count). The summed E-state index contributed by atoms with van der Waals surface area (Å²) in [6, 6.07) is 6.28. The molecule has 0 radical (unpaired) electrons. The fourth-order valence-electron chi connectivity index (χ4n) is 2.94. The lowest BCUT2D eigenvalue weighted by atomic mass is 9.95. The van der Waals surface area contributed by atoms with Crippen molar-refractivity contribution >= 4 is 17.3 Å². The zero-order valence-corrected chi connectivity index (χ0v) is 14.4. The largest absolute Gasteiger partial charge is 0.462 e. The minimum atomic E-state index is -0.298. The number of nitrogens with zero attached hydrogens (tertiary/aromatic N) is 1. The molecule has 1 aliphatic carbocycles. The molecule has 0 saturated heterocycles. The van der Waals surface area contributed by atoms with Gasteiger partial charge in [0.1, 0.15) is 16.9 Å². The van der Waals surface area contributed by atoms with E-state index in [0.717, 1.165) is 31.2 Å². The van der Waals surface area contributed by atoms with Crippen molar-refractivity contribution in [3.05, 3.63) is 41.2 Å². The Morgan fingerprint density at radius 2 is 2.21 bits per heavy atom. The standard InChI is InChI=1S/C18H20FNO3S/c1-22-15-6-3-7-16(10-15)23-17(21)9-14-11-24-18(20-14)12-4-2-5-13(19)8-12/h2,4-5,8,11,15-16H,3,6-7,9-10H2,1H3/t15-,16-/m1/s1. The first-order chi connectivity index (χ1) is 11.6. The van der Waals surface area contributed by atoms with Crippen molar-refractivity contribution in [1.29, 1.82) is 0 Å². The zero-order chi connectivity index (χ0) is 16.9. The highest BCUT2D eigenvalue weighted by Crippen LogP contribution is 2.26. The summed E-state index contributed by atoms with van der Waals surface area (Å²) in [7, 11) is 1.69. The quantitative estimate of drug-likeness (QED) is 0.766. The number of carbonyl (C=O) groups is 1. The number of hydrogen-bond acceptors (Lipinski definition) is 5. The van der Waals surface area contributed by atoms with Crippen LogP contribution in [-0.4, -0.2) is 30.3 Å². The Balaban J connectivity index is 1.57. The second-order valence-electron chi connectivity index (χ2n) is 5.97. The number of aromatic nitrogens is 1. The number of benzene rings is 1. The Bertz CT molecular complexity index is 703. The Morgan fingerprint density at radius 1 is 1.38 bits per heavy atom. The van der Waals surface area contributed by atoms with Crippen molar-refractivity contribution in [1.82, 2.24) is 4.98 Å². The van der Waals surface area contributed by atoms with Crippen LogP contribution in [-0.2, 0) is 20.7 Å². The monoisotopic (exact) mass is 349 g/mol. The molecular formula is C18H20FNO3S. The predicted molar refractivity (Wildman–Crippen MR) is 90.4 cm³/mol. The van der Waals surface area contributed by atoms with Crippen molar-refractivity contribution in [2.45, 2.75) is 44.3 Å². The molecule has 6 heteroatoms. The molecule has 1 saturated carbocycles. The van der Waals surface area contributed by atoms with Gasteiger partial charge in [-0.3, -0.25) is 4.79 Å².